The quantitative estimate of drug-likeness (QED) is 0.788. The molecule has 0 saturated carbocycles. The number of aliphatic hydroxyl groups excluding tert-OH is 2. The first-order valence-corrected chi connectivity index (χ1v) is 8.54. The molecule has 1 aromatic carbocycles. The standard InChI is InChI=1S/C20H22N2O4/c1-26-20-18-11-21-15(7-14(18)10-22-20)8-16(24)9-17(19(25)12-23)13-5-3-2-4-6-13/h2-7,11,17,19,23,25H,8-10,12H2,1H3/t17-,19+/m0/s1. The van der Waals surface area contributed by atoms with Crippen molar-refractivity contribution in [2.45, 2.75) is 31.4 Å². The molecule has 0 radical (unpaired) electrons. The van der Waals surface area contributed by atoms with Gasteiger partial charge >= 0.3 is 0 Å². The zero-order valence-electron chi connectivity index (χ0n) is 14.6. The summed E-state index contributed by atoms with van der Waals surface area (Å²) in [5, 5.41) is 19.4. The Labute approximate surface area is 152 Å². The lowest BCUT2D eigenvalue weighted by Crippen LogP contribution is -2.25. The summed E-state index contributed by atoms with van der Waals surface area (Å²) in [5.74, 6) is 0.0943. The molecule has 0 fully saturated rings. The molecule has 0 unspecified atom stereocenters. The predicted octanol–water partition coefficient (Wildman–Crippen LogP) is 1.63. The smallest absolute Gasteiger partial charge is 0.218 e. The van der Waals surface area contributed by atoms with Gasteiger partial charge in [-0.15, -0.1) is 0 Å². The van der Waals surface area contributed by atoms with Crippen LogP contribution in [0.4, 0.5) is 0 Å². The average molecular weight is 354 g/mol. The van der Waals surface area contributed by atoms with E-state index in [0.29, 0.717) is 18.1 Å². The largest absolute Gasteiger partial charge is 0.481 e. The zero-order chi connectivity index (χ0) is 18.5. The fraction of sp³-hybridized carbons (Fsp3) is 0.350. The molecule has 2 heterocycles. The number of ether oxygens (including phenoxy) is 1. The molecule has 3 rings (SSSR count). The minimum absolute atomic E-state index is 0.0373. The molecule has 0 saturated heterocycles. The number of hydrogen-bond donors (Lipinski definition) is 2. The highest BCUT2D eigenvalue weighted by Gasteiger charge is 2.24. The van der Waals surface area contributed by atoms with Crippen molar-refractivity contribution in [1.82, 2.24) is 4.98 Å². The molecule has 1 aromatic heterocycles. The van der Waals surface area contributed by atoms with E-state index in [0.717, 1.165) is 16.7 Å². The van der Waals surface area contributed by atoms with Crippen LogP contribution in [-0.4, -0.2) is 46.7 Å². The molecular weight excluding hydrogens is 332 g/mol. The van der Waals surface area contributed by atoms with Crippen LogP contribution in [0.5, 0.6) is 0 Å². The Morgan fingerprint density at radius 3 is 2.77 bits per heavy atom. The molecule has 2 atom stereocenters. The second-order valence-electron chi connectivity index (χ2n) is 6.34. The minimum atomic E-state index is -0.980. The number of aliphatic hydroxyl groups is 2. The van der Waals surface area contributed by atoms with Gasteiger partial charge in [-0.2, -0.15) is 0 Å². The first kappa shape index (κ1) is 18.2. The van der Waals surface area contributed by atoms with Crippen LogP contribution < -0.4 is 0 Å². The van der Waals surface area contributed by atoms with Gasteiger partial charge in [0, 0.05) is 30.7 Å². The zero-order valence-corrected chi connectivity index (χ0v) is 14.6. The average Bonchev–Trinajstić information content (AvgIpc) is 3.08. The highest BCUT2D eigenvalue weighted by atomic mass is 16.5. The van der Waals surface area contributed by atoms with Crippen molar-refractivity contribution in [2.75, 3.05) is 13.7 Å². The van der Waals surface area contributed by atoms with Crippen LogP contribution in [0.3, 0.4) is 0 Å². The minimum Gasteiger partial charge on any atom is -0.481 e. The summed E-state index contributed by atoms with van der Waals surface area (Å²) >= 11 is 0. The van der Waals surface area contributed by atoms with Crippen molar-refractivity contribution < 1.29 is 19.7 Å². The van der Waals surface area contributed by atoms with Crippen LogP contribution in [0.25, 0.3) is 0 Å². The van der Waals surface area contributed by atoms with E-state index < -0.39 is 12.0 Å². The lowest BCUT2D eigenvalue weighted by Gasteiger charge is -2.21. The predicted molar refractivity (Wildman–Crippen MR) is 97.1 cm³/mol. The Kier molecular flexibility index (Phi) is 5.75. The number of nitrogens with zero attached hydrogens (tertiary/aromatic N) is 2. The normalized spacial score (nSPS) is 15.1. The van der Waals surface area contributed by atoms with Gasteiger partial charge in [0.05, 0.1) is 31.9 Å². The van der Waals surface area contributed by atoms with Crippen LogP contribution in [0.15, 0.2) is 47.6 Å². The van der Waals surface area contributed by atoms with Gasteiger partial charge in [0.15, 0.2) is 0 Å². The van der Waals surface area contributed by atoms with Crippen molar-refractivity contribution in [3.8, 4) is 0 Å². The lowest BCUT2D eigenvalue weighted by atomic mass is 9.88. The van der Waals surface area contributed by atoms with Crippen molar-refractivity contribution in [2.24, 2.45) is 4.99 Å². The maximum atomic E-state index is 12.6. The monoisotopic (exact) mass is 354 g/mol. The number of pyridine rings is 1. The Hall–Kier alpha value is -2.57. The van der Waals surface area contributed by atoms with Crippen molar-refractivity contribution in [1.29, 1.82) is 0 Å². The maximum Gasteiger partial charge on any atom is 0.218 e. The number of benzene rings is 1. The topological polar surface area (TPSA) is 92.0 Å². The first-order valence-electron chi connectivity index (χ1n) is 8.54. The molecular formula is C20H22N2O4. The maximum absolute atomic E-state index is 12.6. The number of Topliss-reactive ketones (excluding diaryl/α,β-unsaturated/α-hetero) is 1. The van der Waals surface area contributed by atoms with Crippen molar-refractivity contribution >= 4 is 11.7 Å². The van der Waals surface area contributed by atoms with Gasteiger partial charge in [-0.3, -0.25) is 9.78 Å². The van der Waals surface area contributed by atoms with Gasteiger partial charge in [0.1, 0.15) is 5.78 Å². The summed E-state index contributed by atoms with van der Waals surface area (Å²) in [6, 6.07) is 11.2. The number of aromatic nitrogens is 1. The van der Waals surface area contributed by atoms with Crippen LogP contribution >= 0.6 is 0 Å². The van der Waals surface area contributed by atoms with E-state index in [2.05, 4.69) is 9.98 Å². The summed E-state index contributed by atoms with van der Waals surface area (Å²) in [5.41, 5.74) is 3.37. The fourth-order valence-corrected chi connectivity index (χ4v) is 3.21. The number of carbonyl (C=O) groups excluding carboxylic acids is 1. The van der Waals surface area contributed by atoms with Crippen molar-refractivity contribution in [3.63, 3.8) is 0 Å². The lowest BCUT2D eigenvalue weighted by molar-refractivity contribution is -0.119. The summed E-state index contributed by atoms with van der Waals surface area (Å²) in [6.45, 7) is 0.138. The van der Waals surface area contributed by atoms with E-state index in [1.807, 2.05) is 36.4 Å². The third-order valence-electron chi connectivity index (χ3n) is 4.57. The second kappa shape index (κ2) is 8.21. The van der Waals surface area contributed by atoms with Crippen LogP contribution in [-0.2, 0) is 22.5 Å². The van der Waals surface area contributed by atoms with E-state index >= 15 is 0 Å². The SMILES string of the molecule is COC1=NCc2cc(CC(=O)C[C@@H](c3ccccc3)[C@H](O)CO)ncc21. The van der Waals surface area contributed by atoms with E-state index in [1.54, 1.807) is 13.3 Å². The Morgan fingerprint density at radius 2 is 2.08 bits per heavy atom. The molecule has 0 amide bonds. The number of aliphatic imine (C=N–C) groups is 1. The molecule has 6 nitrogen and oxygen atoms in total. The summed E-state index contributed by atoms with van der Waals surface area (Å²) < 4.78 is 5.19. The second-order valence-corrected chi connectivity index (χ2v) is 6.34. The van der Waals surface area contributed by atoms with Crippen molar-refractivity contribution in [3.05, 3.63) is 65.0 Å². The van der Waals surface area contributed by atoms with Crippen LogP contribution in [0.2, 0.25) is 0 Å². The molecule has 2 aromatic rings. The third kappa shape index (κ3) is 3.98. The molecule has 0 bridgehead atoms. The van der Waals surface area contributed by atoms with Crippen LogP contribution in [0.1, 0.15) is 34.7 Å². The molecule has 1 aliphatic rings. The van der Waals surface area contributed by atoms with Crippen LogP contribution in [0, 0.1) is 0 Å². The van der Waals surface area contributed by atoms with Gasteiger partial charge in [-0.25, -0.2) is 4.99 Å². The number of fused-ring (bicyclic) bond motifs is 1. The van der Waals surface area contributed by atoms with Gasteiger partial charge < -0.3 is 14.9 Å². The summed E-state index contributed by atoms with van der Waals surface area (Å²) in [6.07, 6.45) is 1.03. The van der Waals surface area contributed by atoms with E-state index in [4.69, 9.17) is 4.74 Å². The number of ketones is 1. The molecule has 0 aliphatic carbocycles. The van der Waals surface area contributed by atoms with E-state index in [1.165, 1.54) is 0 Å². The van der Waals surface area contributed by atoms with Gasteiger partial charge in [-0.1, -0.05) is 30.3 Å². The molecule has 1 aliphatic heterocycles. The molecule has 6 heteroatoms. The van der Waals surface area contributed by atoms with Gasteiger partial charge in [-0.05, 0) is 17.2 Å². The number of hydrogen-bond acceptors (Lipinski definition) is 6. The highest BCUT2D eigenvalue weighted by Crippen LogP contribution is 2.25. The highest BCUT2D eigenvalue weighted by molar-refractivity contribution is 5.97. The summed E-state index contributed by atoms with van der Waals surface area (Å²) in [4.78, 5) is 21.2. The fourth-order valence-electron chi connectivity index (χ4n) is 3.21. The number of rotatable bonds is 7. The number of carbonyl (C=O) groups is 1. The molecule has 2 N–H and O–H groups in total. The Balaban J connectivity index is 1.70. The molecule has 0 spiro atoms. The number of methoxy groups -OCH3 is 1. The van der Waals surface area contributed by atoms with Gasteiger partial charge in [0.2, 0.25) is 5.90 Å². The van der Waals surface area contributed by atoms with E-state index in [-0.39, 0.29) is 25.2 Å². The Morgan fingerprint density at radius 1 is 1.31 bits per heavy atom. The first-order chi connectivity index (χ1) is 12.6. The summed E-state index contributed by atoms with van der Waals surface area (Å²) in [7, 11) is 1.57. The van der Waals surface area contributed by atoms with E-state index in [9.17, 15) is 15.0 Å². The molecule has 136 valence electrons. The Bertz CT molecular complexity index is 805. The van der Waals surface area contributed by atoms with Gasteiger partial charge in [0.25, 0.3) is 0 Å². The third-order valence-corrected chi connectivity index (χ3v) is 4.57. The molecule has 26 heavy (non-hydrogen) atoms.